The third-order valence-electron chi connectivity index (χ3n) is 5.76. The maximum atomic E-state index is 13.9. The molecule has 33 heavy (non-hydrogen) atoms. The minimum absolute atomic E-state index is 0.0236. The first-order valence-corrected chi connectivity index (χ1v) is 11.0. The van der Waals surface area contributed by atoms with Gasteiger partial charge in [0.05, 0.1) is 6.20 Å². The van der Waals surface area contributed by atoms with Crippen molar-refractivity contribution in [3.8, 4) is 11.6 Å². The number of nitrogens with one attached hydrogen (secondary N) is 1. The van der Waals surface area contributed by atoms with E-state index in [0.29, 0.717) is 12.8 Å². The summed E-state index contributed by atoms with van der Waals surface area (Å²) in [5.74, 6) is -1.43. The number of piperidine rings is 1. The molecule has 2 aliphatic rings. The highest BCUT2D eigenvalue weighted by molar-refractivity contribution is 5.96. The Hall–Kier alpha value is -3.23. The van der Waals surface area contributed by atoms with E-state index in [1.54, 1.807) is 4.90 Å². The van der Waals surface area contributed by atoms with Crippen LogP contribution in [0.3, 0.4) is 0 Å². The van der Waals surface area contributed by atoms with E-state index in [0.717, 1.165) is 25.1 Å². The van der Waals surface area contributed by atoms with Gasteiger partial charge in [0.1, 0.15) is 28.5 Å². The van der Waals surface area contributed by atoms with Crippen LogP contribution in [0.4, 0.5) is 13.6 Å². The van der Waals surface area contributed by atoms with Crippen LogP contribution in [0.25, 0.3) is 0 Å². The molecule has 2 unspecified atom stereocenters. The summed E-state index contributed by atoms with van der Waals surface area (Å²) in [4.78, 5) is 31.3. The van der Waals surface area contributed by atoms with Crippen LogP contribution in [-0.4, -0.2) is 45.6 Å². The lowest BCUT2D eigenvalue weighted by Gasteiger charge is -2.39. The van der Waals surface area contributed by atoms with Gasteiger partial charge < -0.3 is 19.7 Å². The summed E-state index contributed by atoms with van der Waals surface area (Å²) in [5, 5.41) is 2.94. The van der Waals surface area contributed by atoms with E-state index < -0.39 is 23.1 Å². The predicted molar refractivity (Wildman–Crippen MR) is 116 cm³/mol. The number of halogens is 2. The van der Waals surface area contributed by atoms with Crippen molar-refractivity contribution in [2.24, 2.45) is 0 Å². The molecule has 1 aromatic heterocycles. The van der Waals surface area contributed by atoms with E-state index >= 15 is 0 Å². The smallest absolute Gasteiger partial charge is 0.410 e. The van der Waals surface area contributed by atoms with Gasteiger partial charge in [-0.3, -0.25) is 4.79 Å². The van der Waals surface area contributed by atoms with Crippen LogP contribution >= 0.6 is 0 Å². The Balaban J connectivity index is 1.45. The van der Waals surface area contributed by atoms with Gasteiger partial charge in [0.15, 0.2) is 0 Å². The van der Waals surface area contributed by atoms with Gasteiger partial charge in [-0.05, 0) is 76.8 Å². The number of fused-ring (bicyclic) bond motifs is 2. The second-order valence-corrected chi connectivity index (χ2v) is 9.48. The van der Waals surface area contributed by atoms with Crippen LogP contribution in [-0.2, 0) is 4.74 Å². The number of hydrogen-bond donors (Lipinski definition) is 1. The Morgan fingerprint density at radius 3 is 2.30 bits per heavy atom. The molecule has 0 saturated carbocycles. The van der Waals surface area contributed by atoms with Gasteiger partial charge in [0, 0.05) is 18.1 Å². The number of pyridine rings is 1. The molecule has 0 spiro atoms. The number of carbonyl (C=O) groups is 2. The number of nitrogens with zero attached hydrogens (tertiary/aromatic N) is 2. The minimum atomic E-state index is -0.675. The molecule has 2 bridgehead atoms. The van der Waals surface area contributed by atoms with Crippen LogP contribution in [0.5, 0.6) is 11.6 Å². The van der Waals surface area contributed by atoms with E-state index in [4.69, 9.17) is 9.47 Å². The summed E-state index contributed by atoms with van der Waals surface area (Å²) >= 11 is 0. The summed E-state index contributed by atoms with van der Waals surface area (Å²) in [6, 6.07) is 6.05. The van der Waals surface area contributed by atoms with Crippen molar-refractivity contribution >= 4 is 12.0 Å². The number of benzene rings is 1. The average molecular weight is 459 g/mol. The molecule has 2 aliphatic heterocycles. The number of rotatable bonds is 4. The van der Waals surface area contributed by atoms with Crippen molar-refractivity contribution in [1.82, 2.24) is 15.2 Å². The molecule has 2 atom stereocenters. The molecule has 3 heterocycles. The molecule has 2 amide bonds. The highest BCUT2D eigenvalue weighted by Gasteiger charge is 2.45. The molecule has 1 N–H and O–H groups in total. The van der Waals surface area contributed by atoms with Crippen molar-refractivity contribution in [2.75, 3.05) is 0 Å². The van der Waals surface area contributed by atoms with Crippen molar-refractivity contribution in [2.45, 2.75) is 70.2 Å². The van der Waals surface area contributed by atoms with Crippen LogP contribution in [0.15, 0.2) is 36.5 Å². The maximum Gasteiger partial charge on any atom is 0.410 e. The second-order valence-electron chi connectivity index (χ2n) is 9.48. The van der Waals surface area contributed by atoms with Gasteiger partial charge in [-0.1, -0.05) is 0 Å². The summed E-state index contributed by atoms with van der Waals surface area (Å²) in [7, 11) is 0. The van der Waals surface area contributed by atoms with Gasteiger partial charge in [-0.15, -0.1) is 0 Å². The highest BCUT2D eigenvalue weighted by atomic mass is 19.1. The number of carbonyl (C=O) groups excluding carboxylic acids is 2. The molecule has 0 aliphatic carbocycles. The Labute approximate surface area is 191 Å². The number of ether oxygens (including phenoxy) is 2. The molecule has 7 nitrogen and oxygen atoms in total. The largest absolute Gasteiger partial charge is 0.444 e. The normalized spacial score (nSPS) is 22.1. The zero-order valence-electron chi connectivity index (χ0n) is 18.8. The quantitative estimate of drug-likeness (QED) is 0.710. The Kier molecular flexibility index (Phi) is 6.23. The fourth-order valence-electron chi connectivity index (χ4n) is 4.46. The average Bonchev–Trinajstić information content (AvgIpc) is 3.00. The van der Waals surface area contributed by atoms with Crippen LogP contribution in [0.1, 0.15) is 56.8 Å². The van der Waals surface area contributed by atoms with E-state index in [1.807, 2.05) is 20.8 Å². The Bertz CT molecular complexity index is 1020. The standard InChI is InChI=1S/C24H27F2N3O4/c1-24(2,3)33-23(31)29-17-6-7-18(29)12-16(11-17)28-21(30)20-10-15(26)13-27-22(20)32-19-8-4-14(25)5-9-19/h4-5,8-10,13,16-18H,6-7,11-12H2,1-3H3,(H,28,30). The van der Waals surface area contributed by atoms with Gasteiger partial charge in [0.2, 0.25) is 5.88 Å². The van der Waals surface area contributed by atoms with E-state index in [1.165, 1.54) is 24.3 Å². The molecule has 4 rings (SSSR count). The van der Waals surface area contributed by atoms with Crippen LogP contribution in [0, 0.1) is 11.6 Å². The van der Waals surface area contributed by atoms with Gasteiger partial charge in [0.25, 0.3) is 5.91 Å². The molecule has 1 aromatic carbocycles. The number of hydrogen-bond acceptors (Lipinski definition) is 5. The second kappa shape index (κ2) is 8.96. The minimum Gasteiger partial charge on any atom is -0.444 e. The summed E-state index contributed by atoms with van der Waals surface area (Å²) in [6.45, 7) is 5.50. The van der Waals surface area contributed by atoms with Crippen molar-refractivity contribution in [3.63, 3.8) is 0 Å². The number of amides is 2. The molecule has 2 aromatic rings. The van der Waals surface area contributed by atoms with Crippen LogP contribution < -0.4 is 10.1 Å². The molecule has 9 heteroatoms. The van der Waals surface area contributed by atoms with Crippen molar-refractivity contribution < 1.29 is 27.8 Å². The van der Waals surface area contributed by atoms with Gasteiger partial charge in [-0.2, -0.15) is 0 Å². The van der Waals surface area contributed by atoms with E-state index in [9.17, 15) is 18.4 Å². The molecule has 2 saturated heterocycles. The first-order valence-electron chi connectivity index (χ1n) is 11.0. The lowest BCUT2D eigenvalue weighted by Crippen LogP contribution is -2.53. The third kappa shape index (κ3) is 5.40. The monoisotopic (exact) mass is 459 g/mol. The molecule has 0 radical (unpaired) electrons. The lowest BCUT2D eigenvalue weighted by molar-refractivity contribution is 0.00499. The Morgan fingerprint density at radius 1 is 1.06 bits per heavy atom. The van der Waals surface area contributed by atoms with Gasteiger partial charge >= 0.3 is 6.09 Å². The zero-order valence-corrected chi connectivity index (χ0v) is 18.8. The van der Waals surface area contributed by atoms with Crippen molar-refractivity contribution in [3.05, 3.63) is 53.7 Å². The molecular formula is C24H27F2N3O4. The van der Waals surface area contributed by atoms with Crippen LogP contribution in [0.2, 0.25) is 0 Å². The van der Waals surface area contributed by atoms with E-state index in [-0.39, 0.29) is 41.4 Å². The topological polar surface area (TPSA) is 80.8 Å². The summed E-state index contributed by atoms with van der Waals surface area (Å²) in [5.41, 5.74) is -0.631. The molecule has 2 fully saturated rings. The molecular weight excluding hydrogens is 432 g/mol. The first kappa shape index (κ1) is 22.9. The lowest BCUT2D eigenvalue weighted by atomic mass is 9.97. The Morgan fingerprint density at radius 2 is 1.70 bits per heavy atom. The SMILES string of the molecule is CC(C)(C)OC(=O)N1C2CCC1CC(NC(=O)c1cc(F)cnc1Oc1ccc(F)cc1)C2. The third-order valence-corrected chi connectivity index (χ3v) is 5.76. The fourth-order valence-corrected chi connectivity index (χ4v) is 4.46. The predicted octanol–water partition coefficient (Wildman–Crippen LogP) is 4.81. The first-order chi connectivity index (χ1) is 15.6. The summed E-state index contributed by atoms with van der Waals surface area (Å²) < 4.78 is 38.2. The highest BCUT2D eigenvalue weighted by Crippen LogP contribution is 2.37. The van der Waals surface area contributed by atoms with Crippen molar-refractivity contribution in [1.29, 1.82) is 0 Å². The van der Waals surface area contributed by atoms with Gasteiger partial charge in [-0.25, -0.2) is 18.6 Å². The summed E-state index contributed by atoms with van der Waals surface area (Å²) in [6.07, 6.45) is 3.48. The molecule has 176 valence electrons. The zero-order chi connectivity index (χ0) is 23.8. The van der Waals surface area contributed by atoms with E-state index in [2.05, 4.69) is 10.3 Å². The fraction of sp³-hybridized carbons (Fsp3) is 0.458. The number of aromatic nitrogens is 1. The maximum absolute atomic E-state index is 13.9.